The van der Waals surface area contributed by atoms with Crippen LogP contribution in [0.1, 0.15) is 28.3 Å². The van der Waals surface area contributed by atoms with Crippen LogP contribution in [0.25, 0.3) is 5.76 Å². The average molecular weight is 447 g/mol. The summed E-state index contributed by atoms with van der Waals surface area (Å²) in [7, 11) is 1.45. The zero-order valence-corrected chi connectivity index (χ0v) is 18.3. The number of Topliss-reactive ketones (excluding diaryl/α,β-unsaturated/α-hetero) is 1. The molecule has 2 N–H and O–H groups in total. The van der Waals surface area contributed by atoms with Crippen LogP contribution in [0.15, 0.2) is 66.2 Å². The first-order valence-corrected chi connectivity index (χ1v) is 10.2. The van der Waals surface area contributed by atoms with Crippen LogP contribution in [0, 0.1) is 19.7 Å². The zero-order chi connectivity index (χ0) is 23.9. The lowest BCUT2D eigenvalue weighted by Gasteiger charge is -2.25. The Bertz CT molecular complexity index is 1310. The van der Waals surface area contributed by atoms with E-state index >= 15 is 0 Å². The van der Waals surface area contributed by atoms with E-state index in [0.717, 1.165) is 22.1 Å². The smallest absolute Gasteiger partial charge is 0.300 e. The number of amides is 1. The van der Waals surface area contributed by atoms with E-state index < -0.39 is 29.3 Å². The Labute approximate surface area is 190 Å². The SMILES string of the molecule is COc1c(C)cc(C)cc1/C(O)=C1\C(=O)C(=O)N(c2cccc(F)c2)C1c1cccc(O)c1. The molecule has 3 aromatic rings. The molecule has 1 heterocycles. The molecule has 7 heteroatoms. The summed E-state index contributed by atoms with van der Waals surface area (Å²) >= 11 is 0. The van der Waals surface area contributed by atoms with E-state index in [1.54, 1.807) is 25.1 Å². The van der Waals surface area contributed by atoms with E-state index in [0.29, 0.717) is 11.3 Å². The third kappa shape index (κ3) is 3.82. The van der Waals surface area contributed by atoms with E-state index in [-0.39, 0.29) is 22.6 Å². The van der Waals surface area contributed by atoms with Gasteiger partial charge in [0.1, 0.15) is 23.1 Å². The first-order chi connectivity index (χ1) is 15.7. The van der Waals surface area contributed by atoms with Crippen LogP contribution in [0.4, 0.5) is 10.1 Å². The molecule has 0 aromatic heterocycles. The molecular weight excluding hydrogens is 425 g/mol. The number of halogens is 1. The van der Waals surface area contributed by atoms with Gasteiger partial charge in [0, 0.05) is 5.69 Å². The summed E-state index contributed by atoms with van der Waals surface area (Å²) in [6.45, 7) is 3.64. The molecule has 4 rings (SSSR count). The molecule has 1 atom stereocenters. The van der Waals surface area contributed by atoms with Crippen LogP contribution < -0.4 is 9.64 Å². The number of benzene rings is 3. The largest absolute Gasteiger partial charge is 0.508 e. The van der Waals surface area contributed by atoms with Gasteiger partial charge in [0.2, 0.25) is 0 Å². The number of aryl methyl sites for hydroxylation is 2. The summed E-state index contributed by atoms with van der Waals surface area (Å²) in [5.41, 5.74) is 2.17. The van der Waals surface area contributed by atoms with Gasteiger partial charge in [0.25, 0.3) is 11.7 Å². The van der Waals surface area contributed by atoms with Crippen molar-refractivity contribution < 1.29 is 28.9 Å². The van der Waals surface area contributed by atoms with Crippen molar-refractivity contribution in [3.63, 3.8) is 0 Å². The molecule has 0 aliphatic carbocycles. The van der Waals surface area contributed by atoms with Crippen LogP contribution in [0.2, 0.25) is 0 Å². The van der Waals surface area contributed by atoms with E-state index in [4.69, 9.17) is 4.74 Å². The Morgan fingerprint density at radius 3 is 2.42 bits per heavy atom. The molecule has 1 amide bonds. The molecule has 1 fully saturated rings. The zero-order valence-electron chi connectivity index (χ0n) is 18.3. The number of phenols is 1. The highest BCUT2D eigenvalue weighted by Crippen LogP contribution is 2.44. The maximum atomic E-state index is 14.0. The van der Waals surface area contributed by atoms with Crippen LogP contribution in [-0.2, 0) is 9.59 Å². The number of aromatic hydroxyl groups is 1. The number of rotatable bonds is 4. The number of hydrogen-bond acceptors (Lipinski definition) is 5. The molecule has 0 bridgehead atoms. The molecule has 3 aromatic carbocycles. The monoisotopic (exact) mass is 447 g/mol. The van der Waals surface area contributed by atoms with Crippen molar-refractivity contribution in [2.45, 2.75) is 19.9 Å². The fraction of sp³-hybridized carbons (Fsp3) is 0.154. The Hall–Kier alpha value is -4.13. The minimum absolute atomic E-state index is 0.0821. The van der Waals surface area contributed by atoms with Crippen molar-refractivity contribution in [3.8, 4) is 11.5 Å². The van der Waals surface area contributed by atoms with Gasteiger partial charge in [-0.2, -0.15) is 0 Å². The Morgan fingerprint density at radius 1 is 1.03 bits per heavy atom. The predicted octanol–water partition coefficient (Wildman–Crippen LogP) is 4.78. The lowest BCUT2D eigenvalue weighted by atomic mass is 9.93. The van der Waals surface area contributed by atoms with Crippen molar-refractivity contribution in [2.24, 2.45) is 0 Å². The van der Waals surface area contributed by atoms with Gasteiger partial charge < -0.3 is 14.9 Å². The van der Waals surface area contributed by atoms with Gasteiger partial charge in [-0.25, -0.2) is 4.39 Å². The quantitative estimate of drug-likeness (QED) is 0.341. The molecular formula is C26H22FNO5. The fourth-order valence-electron chi connectivity index (χ4n) is 4.28. The molecule has 1 saturated heterocycles. The van der Waals surface area contributed by atoms with Crippen molar-refractivity contribution in [3.05, 3.63) is 94.3 Å². The third-order valence-electron chi connectivity index (χ3n) is 5.59. The second kappa shape index (κ2) is 8.43. The number of aliphatic hydroxyl groups excluding tert-OH is 1. The molecule has 0 spiro atoms. The summed E-state index contributed by atoms with van der Waals surface area (Å²) in [6, 6.07) is 13.8. The molecule has 0 radical (unpaired) electrons. The molecule has 0 saturated carbocycles. The molecule has 1 aliphatic heterocycles. The number of methoxy groups -OCH3 is 1. The summed E-state index contributed by atoms with van der Waals surface area (Å²) < 4.78 is 19.5. The molecule has 6 nitrogen and oxygen atoms in total. The van der Waals surface area contributed by atoms with Crippen LogP contribution >= 0.6 is 0 Å². The first kappa shape index (κ1) is 22.1. The minimum Gasteiger partial charge on any atom is -0.508 e. The topological polar surface area (TPSA) is 87.1 Å². The molecule has 1 aliphatic rings. The molecule has 168 valence electrons. The number of carbonyl (C=O) groups is 2. The number of hydrogen-bond donors (Lipinski definition) is 2. The molecule has 33 heavy (non-hydrogen) atoms. The van der Waals surface area contributed by atoms with Crippen LogP contribution in [0.5, 0.6) is 11.5 Å². The number of carbonyl (C=O) groups excluding carboxylic acids is 2. The van der Waals surface area contributed by atoms with E-state index in [1.165, 1.54) is 37.4 Å². The van der Waals surface area contributed by atoms with Crippen molar-refractivity contribution >= 4 is 23.1 Å². The lowest BCUT2D eigenvalue weighted by molar-refractivity contribution is -0.132. The number of anilines is 1. The maximum absolute atomic E-state index is 14.0. The lowest BCUT2D eigenvalue weighted by Crippen LogP contribution is -2.29. The molecule has 1 unspecified atom stereocenters. The van der Waals surface area contributed by atoms with Gasteiger partial charge in [0.15, 0.2) is 0 Å². The second-order valence-electron chi connectivity index (χ2n) is 7.91. The highest BCUT2D eigenvalue weighted by molar-refractivity contribution is 6.51. The van der Waals surface area contributed by atoms with Crippen molar-refractivity contribution in [2.75, 3.05) is 12.0 Å². The number of ketones is 1. The van der Waals surface area contributed by atoms with Gasteiger partial charge >= 0.3 is 0 Å². The van der Waals surface area contributed by atoms with E-state index in [1.807, 2.05) is 13.0 Å². The van der Waals surface area contributed by atoms with E-state index in [9.17, 15) is 24.2 Å². The Kier molecular flexibility index (Phi) is 5.64. The number of nitrogens with zero attached hydrogens (tertiary/aromatic N) is 1. The Balaban J connectivity index is 2.02. The number of aliphatic hydroxyl groups is 1. The third-order valence-corrected chi connectivity index (χ3v) is 5.59. The van der Waals surface area contributed by atoms with Gasteiger partial charge in [-0.3, -0.25) is 14.5 Å². The number of ether oxygens (including phenoxy) is 1. The van der Waals surface area contributed by atoms with E-state index in [2.05, 4.69) is 0 Å². The minimum atomic E-state index is -1.09. The van der Waals surface area contributed by atoms with Gasteiger partial charge in [-0.1, -0.05) is 24.3 Å². The first-order valence-electron chi connectivity index (χ1n) is 10.2. The standard InChI is InChI=1S/C26H22FNO5/c1-14-10-15(2)25(33-3)20(11-14)23(30)21-22(16-6-4-9-19(29)12-16)28(26(32)24(21)31)18-8-5-7-17(27)13-18/h4-13,22,29-30H,1-3H3/b23-21+. The maximum Gasteiger partial charge on any atom is 0.300 e. The summed E-state index contributed by atoms with van der Waals surface area (Å²) in [5.74, 6) is -2.56. The summed E-state index contributed by atoms with van der Waals surface area (Å²) in [6.07, 6.45) is 0. The normalized spacial score (nSPS) is 17.5. The van der Waals surface area contributed by atoms with Gasteiger partial charge in [-0.15, -0.1) is 0 Å². The highest BCUT2D eigenvalue weighted by atomic mass is 19.1. The number of phenolic OH excluding ortho intramolecular Hbond substituents is 1. The van der Waals surface area contributed by atoms with Gasteiger partial charge in [-0.05, 0) is 66.9 Å². The van der Waals surface area contributed by atoms with Crippen molar-refractivity contribution in [1.29, 1.82) is 0 Å². The average Bonchev–Trinajstić information content (AvgIpc) is 3.03. The summed E-state index contributed by atoms with van der Waals surface area (Å²) in [4.78, 5) is 27.5. The fourth-order valence-corrected chi connectivity index (χ4v) is 4.28. The van der Waals surface area contributed by atoms with Gasteiger partial charge in [0.05, 0.1) is 24.3 Å². The second-order valence-corrected chi connectivity index (χ2v) is 7.91. The summed E-state index contributed by atoms with van der Waals surface area (Å²) in [5, 5.41) is 21.4. The predicted molar refractivity (Wildman–Crippen MR) is 122 cm³/mol. The Morgan fingerprint density at radius 2 is 1.76 bits per heavy atom. The van der Waals surface area contributed by atoms with Crippen LogP contribution in [-0.4, -0.2) is 29.0 Å². The highest BCUT2D eigenvalue weighted by Gasteiger charge is 2.47. The van der Waals surface area contributed by atoms with Crippen LogP contribution in [0.3, 0.4) is 0 Å². The van der Waals surface area contributed by atoms with Crippen molar-refractivity contribution in [1.82, 2.24) is 0 Å².